The van der Waals surface area contributed by atoms with Gasteiger partial charge in [0.05, 0.1) is 13.7 Å². The maximum Gasteiger partial charge on any atom is 0.251 e. The van der Waals surface area contributed by atoms with Gasteiger partial charge in [0.2, 0.25) is 5.91 Å². The maximum absolute atomic E-state index is 13.8. The molecule has 6 nitrogen and oxygen atoms in total. The molecule has 1 aliphatic heterocycles. The second-order valence-corrected chi connectivity index (χ2v) is 7.73. The number of rotatable bonds is 6. The number of carbonyl (C=O) groups is 2. The van der Waals surface area contributed by atoms with E-state index < -0.39 is 0 Å². The van der Waals surface area contributed by atoms with E-state index in [-0.39, 0.29) is 29.9 Å². The van der Waals surface area contributed by atoms with Crippen LogP contribution in [0.25, 0.3) is 0 Å². The predicted molar refractivity (Wildman–Crippen MR) is 111 cm³/mol. The molecule has 0 unspecified atom stereocenters. The van der Waals surface area contributed by atoms with Crippen LogP contribution in [0.2, 0.25) is 0 Å². The molecule has 0 atom stereocenters. The highest BCUT2D eigenvalue weighted by molar-refractivity contribution is 9.10. The van der Waals surface area contributed by atoms with E-state index in [1.807, 2.05) is 6.07 Å². The summed E-state index contributed by atoms with van der Waals surface area (Å²) in [4.78, 5) is 28.4. The minimum atomic E-state index is -0.375. The van der Waals surface area contributed by atoms with Crippen LogP contribution in [0.4, 0.5) is 4.39 Å². The van der Waals surface area contributed by atoms with Gasteiger partial charge < -0.3 is 15.0 Å². The third-order valence-corrected chi connectivity index (χ3v) is 5.38. The van der Waals surface area contributed by atoms with E-state index in [4.69, 9.17) is 4.74 Å². The van der Waals surface area contributed by atoms with Crippen molar-refractivity contribution in [3.05, 3.63) is 63.9 Å². The van der Waals surface area contributed by atoms with Crippen LogP contribution in [0.5, 0.6) is 5.75 Å². The first-order valence-corrected chi connectivity index (χ1v) is 10.1. The fourth-order valence-electron chi connectivity index (χ4n) is 3.19. The lowest BCUT2D eigenvalue weighted by molar-refractivity contribution is -0.131. The molecule has 0 spiro atoms. The molecule has 8 heteroatoms. The molecule has 1 heterocycles. The van der Waals surface area contributed by atoms with Gasteiger partial charge in [-0.05, 0) is 42.0 Å². The van der Waals surface area contributed by atoms with Crippen LogP contribution >= 0.6 is 15.9 Å². The normalized spacial score (nSPS) is 14.5. The number of nitrogens with one attached hydrogen (secondary N) is 1. The summed E-state index contributed by atoms with van der Waals surface area (Å²) in [6, 6.07) is 11.9. The molecule has 154 valence electrons. The van der Waals surface area contributed by atoms with Crippen molar-refractivity contribution >= 4 is 27.7 Å². The zero-order valence-corrected chi connectivity index (χ0v) is 17.7. The Labute approximate surface area is 177 Å². The first-order chi connectivity index (χ1) is 14.0. The molecular weight excluding hydrogens is 441 g/mol. The summed E-state index contributed by atoms with van der Waals surface area (Å²) >= 11 is 3.32. The standard InChI is InChI=1S/C21H23BrFN3O3/c1-29-19-7-2-15(12-18(19)23)14-25-8-10-26(11-9-25)20(27)13-24-21(28)16-3-5-17(22)6-4-16/h2-7,12H,8-11,13-14H2,1H3,(H,24,28). The van der Waals surface area contributed by atoms with Crippen LogP contribution in [0.1, 0.15) is 15.9 Å². The fourth-order valence-corrected chi connectivity index (χ4v) is 3.46. The van der Waals surface area contributed by atoms with Crippen molar-refractivity contribution in [2.45, 2.75) is 6.54 Å². The van der Waals surface area contributed by atoms with E-state index in [0.29, 0.717) is 38.3 Å². The van der Waals surface area contributed by atoms with E-state index >= 15 is 0 Å². The van der Waals surface area contributed by atoms with Crippen molar-refractivity contribution < 1.29 is 18.7 Å². The van der Waals surface area contributed by atoms with Gasteiger partial charge in [-0.3, -0.25) is 14.5 Å². The molecule has 2 amide bonds. The lowest BCUT2D eigenvalue weighted by Crippen LogP contribution is -2.50. The van der Waals surface area contributed by atoms with E-state index in [0.717, 1.165) is 10.0 Å². The van der Waals surface area contributed by atoms with Crippen molar-refractivity contribution in [3.63, 3.8) is 0 Å². The first kappa shape index (κ1) is 21.3. The Morgan fingerprint density at radius 2 is 1.79 bits per heavy atom. The molecule has 0 aliphatic carbocycles. The van der Waals surface area contributed by atoms with Crippen molar-refractivity contribution in [3.8, 4) is 5.75 Å². The molecule has 0 aromatic heterocycles. The Bertz CT molecular complexity index is 868. The van der Waals surface area contributed by atoms with Gasteiger partial charge in [-0.15, -0.1) is 0 Å². The fraction of sp³-hybridized carbons (Fsp3) is 0.333. The molecular formula is C21H23BrFN3O3. The van der Waals surface area contributed by atoms with Gasteiger partial charge >= 0.3 is 0 Å². The van der Waals surface area contributed by atoms with E-state index in [9.17, 15) is 14.0 Å². The molecule has 1 fully saturated rings. The minimum Gasteiger partial charge on any atom is -0.494 e. The van der Waals surface area contributed by atoms with Crippen LogP contribution in [-0.4, -0.2) is 61.4 Å². The van der Waals surface area contributed by atoms with Crippen LogP contribution < -0.4 is 10.1 Å². The lowest BCUT2D eigenvalue weighted by atomic mass is 10.1. The number of nitrogens with zero attached hydrogens (tertiary/aromatic N) is 2. The monoisotopic (exact) mass is 463 g/mol. The van der Waals surface area contributed by atoms with Crippen LogP contribution in [0, 0.1) is 5.82 Å². The van der Waals surface area contributed by atoms with E-state index in [2.05, 4.69) is 26.1 Å². The number of ether oxygens (including phenoxy) is 1. The average Bonchev–Trinajstić information content (AvgIpc) is 2.73. The highest BCUT2D eigenvalue weighted by Crippen LogP contribution is 2.19. The Morgan fingerprint density at radius 3 is 2.41 bits per heavy atom. The molecule has 29 heavy (non-hydrogen) atoms. The number of methoxy groups -OCH3 is 1. The molecule has 1 saturated heterocycles. The Balaban J connectivity index is 1.44. The smallest absolute Gasteiger partial charge is 0.251 e. The summed E-state index contributed by atoms with van der Waals surface area (Å²) in [5.74, 6) is -0.522. The Hall–Kier alpha value is -2.45. The summed E-state index contributed by atoms with van der Waals surface area (Å²) in [7, 11) is 1.44. The zero-order valence-electron chi connectivity index (χ0n) is 16.2. The largest absolute Gasteiger partial charge is 0.494 e. The number of hydrogen-bond donors (Lipinski definition) is 1. The molecule has 0 bridgehead atoms. The lowest BCUT2D eigenvalue weighted by Gasteiger charge is -2.34. The zero-order chi connectivity index (χ0) is 20.8. The topological polar surface area (TPSA) is 61.9 Å². The maximum atomic E-state index is 13.8. The number of halogens is 2. The summed E-state index contributed by atoms with van der Waals surface area (Å²) < 4.78 is 19.7. The van der Waals surface area contributed by atoms with E-state index in [1.54, 1.807) is 35.2 Å². The Morgan fingerprint density at radius 1 is 1.10 bits per heavy atom. The highest BCUT2D eigenvalue weighted by Gasteiger charge is 2.21. The quantitative estimate of drug-likeness (QED) is 0.715. The van der Waals surface area contributed by atoms with Gasteiger partial charge in [-0.2, -0.15) is 0 Å². The first-order valence-electron chi connectivity index (χ1n) is 9.32. The number of carbonyl (C=O) groups excluding carboxylic acids is 2. The number of benzene rings is 2. The van der Waals surface area contributed by atoms with Crippen molar-refractivity contribution in [2.75, 3.05) is 39.8 Å². The van der Waals surface area contributed by atoms with Crippen LogP contribution in [0.15, 0.2) is 46.9 Å². The third-order valence-electron chi connectivity index (χ3n) is 4.85. The summed E-state index contributed by atoms with van der Waals surface area (Å²) in [6.07, 6.45) is 0. The van der Waals surface area contributed by atoms with Gasteiger partial charge in [-0.25, -0.2) is 4.39 Å². The average molecular weight is 464 g/mol. The Kier molecular flexibility index (Phi) is 7.22. The second kappa shape index (κ2) is 9.84. The summed E-state index contributed by atoms with van der Waals surface area (Å²) in [5.41, 5.74) is 1.38. The van der Waals surface area contributed by atoms with Gasteiger partial charge in [0.1, 0.15) is 0 Å². The van der Waals surface area contributed by atoms with Crippen LogP contribution in [-0.2, 0) is 11.3 Å². The van der Waals surface area contributed by atoms with Gasteiger partial charge in [0.25, 0.3) is 5.91 Å². The molecule has 1 N–H and O–H groups in total. The summed E-state index contributed by atoms with van der Waals surface area (Å²) in [5, 5.41) is 2.67. The highest BCUT2D eigenvalue weighted by atomic mass is 79.9. The van der Waals surface area contributed by atoms with Gasteiger partial charge in [0.15, 0.2) is 11.6 Å². The molecule has 2 aromatic rings. The molecule has 0 saturated carbocycles. The molecule has 2 aromatic carbocycles. The molecule has 3 rings (SSSR count). The third kappa shape index (κ3) is 5.77. The van der Waals surface area contributed by atoms with Gasteiger partial charge in [-0.1, -0.05) is 22.0 Å². The van der Waals surface area contributed by atoms with Crippen molar-refractivity contribution in [1.82, 2.24) is 15.1 Å². The van der Waals surface area contributed by atoms with Crippen molar-refractivity contribution in [2.24, 2.45) is 0 Å². The van der Waals surface area contributed by atoms with Crippen LogP contribution in [0.3, 0.4) is 0 Å². The SMILES string of the molecule is COc1ccc(CN2CCN(C(=O)CNC(=O)c3ccc(Br)cc3)CC2)cc1F. The second-order valence-electron chi connectivity index (χ2n) is 6.82. The van der Waals surface area contributed by atoms with Crippen molar-refractivity contribution in [1.29, 1.82) is 0 Å². The molecule has 0 radical (unpaired) electrons. The summed E-state index contributed by atoms with van der Waals surface area (Å²) in [6.45, 7) is 3.12. The number of amides is 2. The predicted octanol–water partition coefficient (Wildman–Crippen LogP) is 2.67. The molecule has 1 aliphatic rings. The minimum absolute atomic E-state index is 0.0292. The number of piperazine rings is 1. The van der Waals surface area contributed by atoms with E-state index in [1.165, 1.54) is 13.2 Å². The van der Waals surface area contributed by atoms with Gasteiger partial charge in [0, 0.05) is 42.8 Å². The number of hydrogen-bond acceptors (Lipinski definition) is 4.